The van der Waals surface area contributed by atoms with E-state index in [1.54, 1.807) is 53.9 Å². The van der Waals surface area contributed by atoms with E-state index in [0.717, 1.165) is 57.1 Å². The number of aromatic nitrogens is 13. The second-order valence-corrected chi connectivity index (χ2v) is 59.5. The highest BCUT2D eigenvalue weighted by molar-refractivity contribution is 9.10. The van der Waals surface area contributed by atoms with Crippen LogP contribution in [0, 0.1) is 0 Å². The molecule has 0 amide bonds. The van der Waals surface area contributed by atoms with Gasteiger partial charge in [0.25, 0.3) is 0 Å². The zero-order valence-electron chi connectivity index (χ0n) is 74.7. The minimum atomic E-state index is -2.32. The molecule has 688 valence electrons. The van der Waals surface area contributed by atoms with Crippen LogP contribution in [0.25, 0.3) is 89.8 Å². The number of aliphatic hydroxyl groups is 3. The summed E-state index contributed by atoms with van der Waals surface area (Å²) in [6.45, 7) is 33.0. The van der Waals surface area contributed by atoms with Gasteiger partial charge < -0.3 is 81.5 Å². The van der Waals surface area contributed by atoms with E-state index in [4.69, 9.17) is 131 Å². The smallest absolute Gasteiger partial charge is 0.456 e. The van der Waals surface area contributed by atoms with Crippen LogP contribution in [0.1, 0.15) is 27.7 Å². The fourth-order valence-corrected chi connectivity index (χ4v) is 19.2. The SMILES string of the molecule is CC1(C)OB(c2ccc(-c3nc4c(cc3Cl)nc(O[C@@H]3CO[C@H]5[C@@H]3OC[C@H]5O)n4COCC[Si](C)(C)C)cc2)OC1(C)C.C[Si](C)(C)CCOCn1c(O[C@@H]2CO[C@H]3[C@@H]2OC[C@H]3O)nc2cc(Cl)c(-c3ccc(-c4cnc(Br)cn4)cc3)nc21.C[Si](C)(C)CCOCn1c(O[C@@H]2CO[C@H]3[C@@H]2OC[C@H]3O)nc2cc(Cl)c(-c3ccc(-c4cnc(N=S(C)(C)=O)cn4)cc3)nc21. The Bertz CT molecular complexity index is 5930. The van der Waals surface area contributed by atoms with E-state index >= 15 is 0 Å². The Morgan fingerprint density at radius 3 is 1.08 bits per heavy atom. The van der Waals surface area contributed by atoms with Gasteiger partial charge in [-0.15, -0.1) is 0 Å². The molecular formula is C88H109BBrCl3N14O18SSi3. The first kappa shape index (κ1) is 94.7. The van der Waals surface area contributed by atoms with Gasteiger partial charge in [0.05, 0.1) is 119 Å². The first-order valence-electron chi connectivity index (χ1n) is 43.0. The minimum Gasteiger partial charge on any atom is -0.456 e. The number of halogens is 4. The number of benzene rings is 3. The monoisotopic (exact) mass is 1960 g/mol. The van der Waals surface area contributed by atoms with Crippen LogP contribution in [-0.2, 0) is 81.9 Å². The Labute approximate surface area is 775 Å². The number of aliphatic hydroxyl groups excluding tert-OH is 3. The summed E-state index contributed by atoms with van der Waals surface area (Å²) >= 11 is 23.6. The number of pyridine rings is 3. The first-order chi connectivity index (χ1) is 61.2. The highest BCUT2D eigenvalue weighted by Gasteiger charge is 2.54. The molecule has 15 heterocycles. The maximum atomic E-state index is 12.0. The Balaban J connectivity index is 0.000000142. The highest BCUT2D eigenvalue weighted by atomic mass is 79.9. The summed E-state index contributed by atoms with van der Waals surface area (Å²) in [5.41, 5.74) is 11.1. The maximum absolute atomic E-state index is 12.0. The predicted octanol–water partition coefficient (Wildman–Crippen LogP) is 14.2. The van der Waals surface area contributed by atoms with Gasteiger partial charge in [0, 0.05) is 94.1 Å². The second kappa shape index (κ2) is 38.9. The molecule has 0 aliphatic carbocycles. The van der Waals surface area contributed by atoms with E-state index in [0.29, 0.717) is 133 Å². The van der Waals surface area contributed by atoms with Gasteiger partial charge in [0.1, 0.15) is 96.3 Å². The summed E-state index contributed by atoms with van der Waals surface area (Å²) < 4.78 is 107. The molecule has 41 heteroatoms. The topological polar surface area (TPSA) is 363 Å². The van der Waals surface area contributed by atoms with Crippen LogP contribution in [0.15, 0.2) is 125 Å². The average Bonchev–Trinajstić information content (AvgIpc) is 1.63. The van der Waals surface area contributed by atoms with Gasteiger partial charge >= 0.3 is 25.1 Å². The van der Waals surface area contributed by atoms with Crippen LogP contribution < -0.4 is 19.7 Å². The van der Waals surface area contributed by atoms with Crippen LogP contribution in [0.2, 0.25) is 92.1 Å². The number of rotatable bonds is 28. The van der Waals surface area contributed by atoms with Crippen molar-refractivity contribution in [3.05, 3.63) is 135 Å². The molecule has 7 fully saturated rings. The van der Waals surface area contributed by atoms with Gasteiger partial charge in [-0.2, -0.15) is 19.3 Å². The van der Waals surface area contributed by atoms with Crippen molar-refractivity contribution in [3.63, 3.8) is 0 Å². The van der Waals surface area contributed by atoms with Crippen molar-refractivity contribution >= 4 is 137 Å². The van der Waals surface area contributed by atoms with Crippen LogP contribution in [-0.4, -0.2) is 271 Å². The number of hydrogen-bond donors (Lipinski definition) is 3. The fraction of sp³-hybridized carbons (Fsp3) is 0.500. The molecule has 0 saturated carbocycles. The summed E-state index contributed by atoms with van der Waals surface area (Å²) in [7, 11) is -6.62. The Morgan fingerprint density at radius 1 is 0.450 bits per heavy atom. The molecule has 3 aromatic carbocycles. The van der Waals surface area contributed by atoms with Crippen molar-refractivity contribution in [2.24, 2.45) is 4.36 Å². The third kappa shape index (κ3) is 22.1. The molecule has 0 unspecified atom stereocenters. The van der Waals surface area contributed by atoms with E-state index in [1.165, 1.54) is 6.20 Å². The maximum Gasteiger partial charge on any atom is 0.494 e. The molecule has 18 rings (SSSR count). The molecule has 0 spiro atoms. The van der Waals surface area contributed by atoms with Crippen molar-refractivity contribution in [1.82, 2.24) is 63.5 Å². The van der Waals surface area contributed by atoms with Crippen LogP contribution in [0.4, 0.5) is 5.82 Å². The van der Waals surface area contributed by atoms with Crippen molar-refractivity contribution < 1.29 is 85.7 Å². The number of fused-ring (bicyclic) bond motifs is 6. The number of nitrogens with zero attached hydrogens (tertiary/aromatic N) is 14. The fourth-order valence-electron chi connectivity index (χ4n) is 15.5. The Kier molecular flexibility index (Phi) is 28.5. The van der Waals surface area contributed by atoms with Gasteiger partial charge in [0.15, 0.2) is 41.1 Å². The largest absolute Gasteiger partial charge is 0.494 e. The Hall–Kier alpha value is -7.46. The van der Waals surface area contributed by atoms with E-state index in [9.17, 15) is 19.5 Å². The second-order valence-electron chi connectivity index (χ2n) is 38.1. The standard InChI is InChI=1S/C30H41BClN3O7Si.C30H37ClN6O6SSi.C28H31BrClN5O5Si/c1-29(2)30(3,4)42-31(41-29)19-10-8-18(9-11-19)24-20(32)14-21-27(34-24)35(17-37-12-13-43(5,6)7)28(33-21)40-23-16-39-25-22(36)15-38-26(23)25;1-44(2,39)36-25-14-32-22(13-33-25)18-6-8-19(9-7-18)26-20(31)12-21-29(35-26)37(17-40-10-11-45(3,4)5)30(34-21)43-24-16-42-27-23(38)15-41-28(24)27;1-41(2,3)9-8-37-15-35-27-19(33-28(35)40-22-14-39-25-21(36)13-38-26(22)25)10-18(30)24(34-27)17-6-4-16(5-7-17)20-11-32-23(29)12-31-20/h8-11,14,22-23,25-26,36H,12-13,15-17H2,1-7H3;6-9,12-14,23-24,27-28,38H,10-11,15-17H2,1-5H3;4-7,10-12,21-22,25-26,36H,8-9,13-15H2,1-3H3/t22-,23-,25-,26-;23-,24-,27-,28-;21-,22-,25-,26-/m111/s1. The lowest BCUT2D eigenvalue weighted by Gasteiger charge is -2.32. The van der Waals surface area contributed by atoms with Crippen molar-refractivity contribution in [3.8, 4) is 74.3 Å². The van der Waals surface area contributed by atoms with E-state index in [2.05, 4.69) is 99.2 Å². The summed E-state index contributed by atoms with van der Waals surface area (Å²) in [5, 5.41) is 31.9. The summed E-state index contributed by atoms with van der Waals surface area (Å²) in [4.78, 5) is 46.4. The van der Waals surface area contributed by atoms with Gasteiger partial charge in [0.2, 0.25) is 0 Å². The highest BCUT2D eigenvalue weighted by Crippen LogP contribution is 2.42. The van der Waals surface area contributed by atoms with Gasteiger partial charge in [-0.3, -0.25) is 23.7 Å². The van der Waals surface area contributed by atoms with E-state index in [-0.39, 0.29) is 64.9 Å². The van der Waals surface area contributed by atoms with Gasteiger partial charge in [-0.1, -0.05) is 167 Å². The lowest BCUT2D eigenvalue weighted by atomic mass is 9.79. The zero-order chi connectivity index (χ0) is 91.4. The first-order valence-corrected chi connectivity index (χ1v) is 58.4. The van der Waals surface area contributed by atoms with Gasteiger partial charge in [-0.05, 0) is 85.4 Å². The average molecular weight is 1960 g/mol. The molecule has 3 N–H and O–H groups in total. The molecule has 0 bridgehead atoms. The third-order valence-corrected chi connectivity index (χ3v) is 30.5. The molecule has 0 radical (unpaired) electrons. The van der Waals surface area contributed by atoms with Gasteiger partial charge in [-0.25, -0.2) is 29.1 Å². The summed E-state index contributed by atoms with van der Waals surface area (Å²) in [6.07, 6.45) is 3.95. The lowest BCUT2D eigenvalue weighted by Crippen LogP contribution is -2.41. The van der Waals surface area contributed by atoms with Crippen molar-refractivity contribution in [1.29, 1.82) is 0 Å². The molecule has 32 nitrogen and oxygen atoms in total. The molecule has 8 aromatic heterocycles. The summed E-state index contributed by atoms with van der Waals surface area (Å²) in [6, 6.07) is 32.9. The quantitative estimate of drug-likeness (QED) is 0.0303. The summed E-state index contributed by atoms with van der Waals surface area (Å²) in [5.74, 6) is 0.327. The third-order valence-electron chi connectivity index (χ3n) is 23.5. The lowest BCUT2D eigenvalue weighted by molar-refractivity contribution is 0.00332. The zero-order valence-corrected chi connectivity index (χ0v) is 82.4. The number of imidazole rings is 3. The molecule has 11 aromatic rings. The number of hydrogen-bond acceptors (Lipinski definition) is 29. The Morgan fingerprint density at radius 2 is 0.767 bits per heavy atom. The predicted molar refractivity (Wildman–Crippen MR) is 503 cm³/mol. The van der Waals surface area contributed by atoms with E-state index < -0.39 is 107 Å². The van der Waals surface area contributed by atoms with Crippen LogP contribution in [0.5, 0.6) is 18.0 Å². The minimum absolute atomic E-state index is 0.195. The molecule has 7 aliphatic rings. The molecule has 129 heavy (non-hydrogen) atoms. The molecule has 7 aliphatic heterocycles. The van der Waals surface area contributed by atoms with Crippen molar-refractivity contribution in [2.45, 2.75) is 209 Å². The molecule has 7 saturated heterocycles. The number of ether oxygens (including phenoxy) is 12. The van der Waals surface area contributed by atoms with Crippen LogP contribution >= 0.6 is 50.7 Å². The molecule has 12 atom stereocenters. The molecular weight excluding hydrogens is 1850 g/mol. The van der Waals surface area contributed by atoms with E-state index in [1.807, 2.05) is 110 Å². The normalized spacial score (nSPS) is 23.5. The van der Waals surface area contributed by atoms with Crippen LogP contribution in [0.3, 0.4) is 0 Å². The van der Waals surface area contributed by atoms with Crippen molar-refractivity contribution in [2.75, 3.05) is 72.0 Å².